The standard InChI is InChI=1S/C22H26O3/c1-4-25-21(24)16-18(11-10-17-8-6-5-7-9-17)20-13-12-19(23)14-15-22(20,2)3/h5-9H,4,12-16H2,1-3H3/b20-18-. The van der Waals surface area contributed by atoms with E-state index in [4.69, 9.17) is 4.74 Å². The summed E-state index contributed by atoms with van der Waals surface area (Å²) in [4.78, 5) is 24.0. The van der Waals surface area contributed by atoms with E-state index in [0.717, 1.165) is 23.1 Å². The molecule has 0 N–H and O–H groups in total. The van der Waals surface area contributed by atoms with Crippen LogP contribution in [0.2, 0.25) is 0 Å². The van der Waals surface area contributed by atoms with Gasteiger partial charge in [0.1, 0.15) is 5.78 Å². The van der Waals surface area contributed by atoms with Crippen LogP contribution in [0.4, 0.5) is 0 Å². The lowest BCUT2D eigenvalue weighted by Crippen LogP contribution is -2.17. The lowest BCUT2D eigenvalue weighted by molar-refractivity contribution is -0.142. The summed E-state index contributed by atoms with van der Waals surface area (Å²) < 4.78 is 5.13. The molecule has 0 spiro atoms. The third-order valence-corrected chi connectivity index (χ3v) is 4.62. The highest BCUT2D eigenvalue weighted by Gasteiger charge is 2.30. The Bertz CT molecular complexity index is 715. The number of rotatable bonds is 3. The van der Waals surface area contributed by atoms with Gasteiger partial charge in [-0.1, -0.05) is 49.5 Å². The van der Waals surface area contributed by atoms with Crippen molar-refractivity contribution >= 4 is 11.8 Å². The van der Waals surface area contributed by atoms with E-state index < -0.39 is 0 Å². The zero-order valence-electron chi connectivity index (χ0n) is 15.4. The summed E-state index contributed by atoms with van der Waals surface area (Å²) in [5.41, 5.74) is 2.70. The summed E-state index contributed by atoms with van der Waals surface area (Å²) in [6, 6.07) is 9.72. The van der Waals surface area contributed by atoms with Crippen molar-refractivity contribution in [1.82, 2.24) is 0 Å². The minimum absolute atomic E-state index is 0.140. The number of hydrogen-bond donors (Lipinski definition) is 0. The fourth-order valence-electron chi connectivity index (χ4n) is 3.14. The van der Waals surface area contributed by atoms with E-state index in [9.17, 15) is 9.59 Å². The van der Waals surface area contributed by atoms with Crippen LogP contribution in [0, 0.1) is 17.3 Å². The molecule has 0 aromatic heterocycles. The second kappa shape index (κ2) is 8.67. The van der Waals surface area contributed by atoms with Gasteiger partial charge in [0.15, 0.2) is 0 Å². The lowest BCUT2D eigenvalue weighted by Gasteiger charge is -2.27. The average Bonchev–Trinajstić information content (AvgIpc) is 2.71. The molecule has 1 saturated carbocycles. The van der Waals surface area contributed by atoms with Gasteiger partial charge in [0.05, 0.1) is 13.0 Å². The molecule has 1 aromatic rings. The molecule has 3 nitrogen and oxygen atoms in total. The number of ketones is 1. The van der Waals surface area contributed by atoms with Crippen molar-refractivity contribution in [2.24, 2.45) is 5.41 Å². The van der Waals surface area contributed by atoms with Crippen molar-refractivity contribution in [3.8, 4) is 11.8 Å². The molecule has 3 heteroatoms. The molecule has 132 valence electrons. The molecular formula is C22H26O3. The number of carbonyl (C=O) groups is 2. The summed E-state index contributed by atoms with van der Waals surface area (Å²) in [5.74, 6) is 6.39. The molecule has 0 radical (unpaired) electrons. The van der Waals surface area contributed by atoms with Gasteiger partial charge in [0, 0.05) is 24.0 Å². The molecule has 1 aliphatic rings. The van der Waals surface area contributed by atoms with Crippen LogP contribution in [0.5, 0.6) is 0 Å². The topological polar surface area (TPSA) is 43.4 Å². The number of allylic oxidation sites excluding steroid dienone is 1. The number of benzene rings is 1. The summed E-state index contributed by atoms with van der Waals surface area (Å²) in [7, 11) is 0. The fraction of sp³-hybridized carbons (Fsp3) is 0.455. The Hall–Kier alpha value is -2.34. The second-order valence-corrected chi connectivity index (χ2v) is 6.98. The minimum Gasteiger partial charge on any atom is -0.466 e. The van der Waals surface area contributed by atoms with Crippen molar-refractivity contribution in [1.29, 1.82) is 0 Å². The maximum Gasteiger partial charge on any atom is 0.310 e. The third-order valence-electron chi connectivity index (χ3n) is 4.62. The van der Waals surface area contributed by atoms with Crippen LogP contribution in [0.1, 0.15) is 58.4 Å². The molecule has 0 bridgehead atoms. The normalized spacial score (nSPS) is 18.6. The number of Topliss-reactive ketones (excluding diaryl/α,β-unsaturated/α-hetero) is 1. The Kier molecular flexibility index (Phi) is 6.58. The van der Waals surface area contributed by atoms with Crippen molar-refractivity contribution < 1.29 is 14.3 Å². The van der Waals surface area contributed by atoms with Crippen molar-refractivity contribution in [2.45, 2.75) is 52.9 Å². The third kappa shape index (κ3) is 5.60. The van der Waals surface area contributed by atoms with E-state index in [0.29, 0.717) is 25.9 Å². The van der Waals surface area contributed by atoms with Crippen LogP contribution in [0.25, 0.3) is 0 Å². The first-order valence-electron chi connectivity index (χ1n) is 8.89. The van der Waals surface area contributed by atoms with Crippen LogP contribution >= 0.6 is 0 Å². The Morgan fingerprint density at radius 2 is 1.88 bits per heavy atom. The quantitative estimate of drug-likeness (QED) is 0.464. The number of carbonyl (C=O) groups excluding carboxylic acids is 2. The molecule has 1 aliphatic carbocycles. The Morgan fingerprint density at radius 1 is 1.16 bits per heavy atom. The molecule has 25 heavy (non-hydrogen) atoms. The molecule has 0 aliphatic heterocycles. The van der Waals surface area contributed by atoms with Gasteiger partial charge >= 0.3 is 5.97 Å². The Morgan fingerprint density at radius 3 is 2.56 bits per heavy atom. The predicted molar refractivity (Wildman–Crippen MR) is 98.9 cm³/mol. The smallest absolute Gasteiger partial charge is 0.310 e. The summed E-state index contributed by atoms with van der Waals surface area (Å²) in [5, 5.41) is 0. The molecule has 0 heterocycles. The second-order valence-electron chi connectivity index (χ2n) is 6.98. The van der Waals surface area contributed by atoms with Crippen LogP contribution in [-0.2, 0) is 14.3 Å². The average molecular weight is 338 g/mol. The van der Waals surface area contributed by atoms with Crippen molar-refractivity contribution in [3.05, 3.63) is 47.0 Å². The van der Waals surface area contributed by atoms with Crippen LogP contribution in [0.3, 0.4) is 0 Å². The molecule has 1 fully saturated rings. The summed E-state index contributed by atoms with van der Waals surface area (Å²) in [6.07, 6.45) is 2.75. The van der Waals surface area contributed by atoms with Gasteiger partial charge in [-0.25, -0.2) is 0 Å². The molecular weight excluding hydrogens is 312 g/mol. The first kappa shape index (κ1) is 19.0. The maximum atomic E-state index is 12.1. The van der Waals surface area contributed by atoms with Gasteiger partial charge in [0.25, 0.3) is 0 Å². The van der Waals surface area contributed by atoms with Crippen LogP contribution in [0.15, 0.2) is 41.5 Å². The number of esters is 1. The number of hydrogen-bond acceptors (Lipinski definition) is 3. The highest BCUT2D eigenvalue weighted by molar-refractivity contribution is 5.80. The van der Waals surface area contributed by atoms with Gasteiger partial charge in [0.2, 0.25) is 0 Å². The van der Waals surface area contributed by atoms with E-state index in [1.54, 1.807) is 6.92 Å². The van der Waals surface area contributed by atoms with Crippen LogP contribution < -0.4 is 0 Å². The van der Waals surface area contributed by atoms with E-state index >= 15 is 0 Å². The molecule has 0 amide bonds. The van der Waals surface area contributed by atoms with Gasteiger partial charge in [-0.05, 0) is 37.3 Å². The number of ether oxygens (including phenoxy) is 1. The monoisotopic (exact) mass is 338 g/mol. The predicted octanol–water partition coefficient (Wildman–Crippen LogP) is 4.46. The first-order chi connectivity index (χ1) is 11.9. The minimum atomic E-state index is -0.265. The Labute approximate surface area is 150 Å². The zero-order chi connectivity index (χ0) is 18.3. The van der Waals surface area contributed by atoms with Crippen molar-refractivity contribution in [2.75, 3.05) is 6.61 Å². The maximum absolute atomic E-state index is 12.1. The summed E-state index contributed by atoms with van der Waals surface area (Å²) >= 11 is 0. The van der Waals surface area contributed by atoms with Gasteiger partial charge in [-0.15, -0.1) is 0 Å². The highest BCUT2D eigenvalue weighted by atomic mass is 16.5. The van der Waals surface area contributed by atoms with E-state index in [1.165, 1.54) is 0 Å². The van der Waals surface area contributed by atoms with E-state index in [2.05, 4.69) is 25.7 Å². The van der Waals surface area contributed by atoms with Gasteiger partial charge < -0.3 is 4.74 Å². The van der Waals surface area contributed by atoms with Crippen LogP contribution in [-0.4, -0.2) is 18.4 Å². The molecule has 0 saturated heterocycles. The molecule has 0 unspecified atom stereocenters. The van der Waals surface area contributed by atoms with Gasteiger partial charge in [-0.3, -0.25) is 9.59 Å². The molecule has 1 aromatic carbocycles. The van der Waals surface area contributed by atoms with E-state index in [1.807, 2.05) is 30.3 Å². The van der Waals surface area contributed by atoms with E-state index in [-0.39, 0.29) is 23.6 Å². The first-order valence-corrected chi connectivity index (χ1v) is 8.89. The highest BCUT2D eigenvalue weighted by Crippen LogP contribution is 2.40. The molecule has 0 atom stereocenters. The van der Waals surface area contributed by atoms with Crippen molar-refractivity contribution in [3.63, 3.8) is 0 Å². The fourth-order valence-corrected chi connectivity index (χ4v) is 3.14. The molecule has 2 rings (SSSR count). The Balaban J connectivity index is 2.43. The zero-order valence-corrected chi connectivity index (χ0v) is 15.4. The van der Waals surface area contributed by atoms with Gasteiger partial charge in [-0.2, -0.15) is 0 Å². The largest absolute Gasteiger partial charge is 0.466 e. The lowest BCUT2D eigenvalue weighted by atomic mass is 9.77. The SMILES string of the molecule is CCOC(=O)C/C(C#Cc1ccccc1)=C1/CCC(=O)CCC1(C)C. The summed E-state index contributed by atoms with van der Waals surface area (Å²) in [6.45, 7) is 6.43.